The van der Waals surface area contributed by atoms with E-state index in [1.807, 2.05) is 0 Å². The Kier molecular flexibility index (Phi) is 5.56. The maximum atomic E-state index is 12.8. The van der Waals surface area contributed by atoms with Crippen LogP contribution in [-0.4, -0.2) is 36.6 Å². The normalized spacial score (nSPS) is 17.0. The number of carbonyl (C=O) groups is 1. The smallest absolute Gasteiger partial charge is 0.319 e. The van der Waals surface area contributed by atoms with Gasteiger partial charge in [0.15, 0.2) is 0 Å². The monoisotopic (exact) mass is 293 g/mol. The molecule has 1 aliphatic rings. The first-order valence-corrected chi connectivity index (χ1v) is 7.59. The van der Waals surface area contributed by atoms with E-state index in [0.717, 1.165) is 25.9 Å². The summed E-state index contributed by atoms with van der Waals surface area (Å²) in [7, 11) is 0. The Morgan fingerprint density at radius 2 is 1.90 bits per heavy atom. The number of hydrogen-bond acceptors (Lipinski definition) is 2. The van der Waals surface area contributed by atoms with E-state index < -0.39 is 0 Å². The maximum Gasteiger partial charge on any atom is 0.319 e. The van der Waals surface area contributed by atoms with Gasteiger partial charge in [0.05, 0.1) is 0 Å². The number of rotatable bonds is 4. The standard InChI is InChI=1S/C16H24FN3O/c1-12(2)20-9-7-13(8-10-20)11-18-16(21)19-15-5-3-14(17)4-6-15/h3-6,12-13H,7-11H2,1-2H3,(H2,18,19,21). The third-order valence-electron chi connectivity index (χ3n) is 4.03. The highest BCUT2D eigenvalue weighted by Gasteiger charge is 2.20. The van der Waals surface area contributed by atoms with Gasteiger partial charge in [0.1, 0.15) is 5.82 Å². The Morgan fingerprint density at radius 1 is 1.29 bits per heavy atom. The molecule has 0 aliphatic carbocycles. The number of likely N-dealkylation sites (tertiary alicyclic amines) is 1. The van der Waals surface area contributed by atoms with Gasteiger partial charge >= 0.3 is 6.03 Å². The summed E-state index contributed by atoms with van der Waals surface area (Å²) in [5.74, 6) is 0.233. The van der Waals surface area contributed by atoms with Gasteiger partial charge in [-0.15, -0.1) is 0 Å². The number of nitrogens with zero attached hydrogens (tertiary/aromatic N) is 1. The summed E-state index contributed by atoms with van der Waals surface area (Å²) in [6.45, 7) is 7.33. The third kappa shape index (κ3) is 5.01. The third-order valence-corrected chi connectivity index (χ3v) is 4.03. The molecule has 21 heavy (non-hydrogen) atoms. The second kappa shape index (κ2) is 7.41. The topological polar surface area (TPSA) is 44.4 Å². The molecule has 0 unspecified atom stereocenters. The van der Waals surface area contributed by atoms with Crippen molar-refractivity contribution >= 4 is 11.7 Å². The van der Waals surface area contributed by atoms with Gasteiger partial charge in [-0.3, -0.25) is 0 Å². The molecule has 1 fully saturated rings. The molecule has 1 aliphatic heterocycles. The molecule has 116 valence electrons. The van der Waals surface area contributed by atoms with Crippen molar-refractivity contribution in [2.75, 3.05) is 25.0 Å². The van der Waals surface area contributed by atoms with Crippen LogP contribution >= 0.6 is 0 Å². The Hall–Kier alpha value is -1.62. The summed E-state index contributed by atoms with van der Waals surface area (Å²) in [6.07, 6.45) is 2.24. The number of carbonyl (C=O) groups excluding carboxylic acids is 1. The molecular weight excluding hydrogens is 269 g/mol. The SMILES string of the molecule is CC(C)N1CCC(CNC(=O)Nc2ccc(F)cc2)CC1. The highest BCUT2D eigenvalue weighted by molar-refractivity contribution is 5.89. The molecule has 1 saturated heterocycles. The molecule has 0 bridgehead atoms. The van der Waals surface area contributed by atoms with Crippen LogP contribution < -0.4 is 10.6 Å². The quantitative estimate of drug-likeness (QED) is 0.896. The zero-order chi connectivity index (χ0) is 15.2. The van der Waals surface area contributed by atoms with E-state index in [9.17, 15) is 9.18 Å². The second-order valence-corrected chi connectivity index (χ2v) is 5.92. The summed E-state index contributed by atoms with van der Waals surface area (Å²) in [5, 5.41) is 5.61. The summed E-state index contributed by atoms with van der Waals surface area (Å²) in [5.41, 5.74) is 0.600. The average molecular weight is 293 g/mol. The lowest BCUT2D eigenvalue weighted by Crippen LogP contribution is -2.42. The first-order valence-electron chi connectivity index (χ1n) is 7.59. The number of nitrogens with one attached hydrogen (secondary N) is 2. The van der Waals surface area contributed by atoms with Crippen molar-refractivity contribution in [2.45, 2.75) is 32.7 Å². The van der Waals surface area contributed by atoms with Gasteiger partial charge in [0, 0.05) is 18.3 Å². The van der Waals surface area contributed by atoms with Gasteiger partial charge in [-0.1, -0.05) is 0 Å². The minimum absolute atomic E-state index is 0.229. The number of amides is 2. The highest BCUT2D eigenvalue weighted by atomic mass is 19.1. The van der Waals surface area contributed by atoms with Crippen molar-refractivity contribution in [3.05, 3.63) is 30.1 Å². The first kappa shape index (κ1) is 15.8. The number of urea groups is 1. The summed E-state index contributed by atoms with van der Waals surface area (Å²) in [6, 6.07) is 6.13. The summed E-state index contributed by atoms with van der Waals surface area (Å²) < 4.78 is 12.8. The zero-order valence-electron chi connectivity index (χ0n) is 12.7. The fourth-order valence-electron chi connectivity index (χ4n) is 2.62. The minimum Gasteiger partial charge on any atom is -0.338 e. The molecule has 5 heteroatoms. The van der Waals surface area contributed by atoms with Crippen molar-refractivity contribution < 1.29 is 9.18 Å². The molecule has 0 spiro atoms. The van der Waals surface area contributed by atoms with Crippen LogP contribution in [0, 0.1) is 11.7 Å². The van der Waals surface area contributed by atoms with E-state index in [-0.39, 0.29) is 11.8 Å². The molecular formula is C16H24FN3O. The van der Waals surface area contributed by atoms with Gasteiger partial charge in [-0.25, -0.2) is 9.18 Å². The largest absolute Gasteiger partial charge is 0.338 e. The van der Waals surface area contributed by atoms with E-state index in [1.165, 1.54) is 12.1 Å². The lowest BCUT2D eigenvalue weighted by atomic mass is 9.96. The van der Waals surface area contributed by atoms with Crippen LogP contribution in [0.3, 0.4) is 0 Å². The predicted molar refractivity (Wildman–Crippen MR) is 82.9 cm³/mol. The molecule has 2 N–H and O–H groups in total. The van der Waals surface area contributed by atoms with Crippen molar-refractivity contribution in [1.29, 1.82) is 0 Å². The van der Waals surface area contributed by atoms with Gasteiger partial charge < -0.3 is 15.5 Å². The molecule has 4 nitrogen and oxygen atoms in total. The van der Waals surface area contributed by atoms with Crippen molar-refractivity contribution in [3.8, 4) is 0 Å². The highest BCUT2D eigenvalue weighted by Crippen LogP contribution is 2.18. The van der Waals surface area contributed by atoms with E-state index in [0.29, 0.717) is 24.2 Å². The number of halogens is 1. The van der Waals surface area contributed by atoms with Gasteiger partial charge in [0.2, 0.25) is 0 Å². The van der Waals surface area contributed by atoms with Gasteiger partial charge in [-0.2, -0.15) is 0 Å². The van der Waals surface area contributed by atoms with Crippen LogP contribution in [0.2, 0.25) is 0 Å². The maximum absolute atomic E-state index is 12.8. The van der Waals surface area contributed by atoms with Crippen LogP contribution in [0.15, 0.2) is 24.3 Å². The average Bonchev–Trinajstić information content (AvgIpc) is 2.48. The molecule has 0 radical (unpaired) electrons. The Labute approximate surface area is 125 Å². The molecule has 2 amide bonds. The van der Waals surface area contributed by atoms with Crippen LogP contribution in [0.25, 0.3) is 0 Å². The second-order valence-electron chi connectivity index (χ2n) is 5.92. The number of hydrogen-bond donors (Lipinski definition) is 2. The Balaban J connectivity index is 1.69. The van der Waals surface area contributed by atoms with Crippen LogP contribution in [-0.2, 0) is 0 Å². The van der Waals surface area contributed by atoms with Crippen LogP contribution in [0.4, 0.5) is 14.9 Å². The molecule has 2 rings (SSSR count). The first-order chi connectivity index (χ1) is 10.0. The van der Waals surface area contributed by atoms with Crippen molar-refractivity contribution in [3.63, 3.8) is 0 Å². The van der Waals surface area contributed by atoms with E-state index in [4.69, 9.17) is 0 Å². The molecule has 0 saturated carbocycles. The van der Waals surface area contributed by atoms with Crippen molar-refractivity contribution in [2.24, 2.45) is 5.92 Å². The van der Waals surface area contributed by atoms with Crippen LogP contribution in [0.1, 0.15) is 26.7 Å². The summed E-state index contributed by atoms with van der Waals surface area (Å²) in [4.78, 5) is 14.3. The molecule has 0 aromatic heterocycles. The fraction of sp³-hybridized carbons (Fsp3) is 0.562. The van der Waals surface area contributed by atoms with Gasteiger partial charge in [0.25, 0.3) is 0 Å². The predicted octanol–water partition coefficient (Wildman–Crippen LogP) is 3.07. The van der Waals surface area contributed by atoms with Gasteiger partial charge in [-0.05, 0) is 70.0 Å². The fourth-order valence-corrected chi connectivity index (χ4v) is 2.62. The zero-order valence-corrected chi connectivity index (χ0v) is 12.7. The number of benzene rings is 1. The summed E-state index contributed by atoms with van der Waals surface area (Å²) >= 11 is 0. The molecule has 1 aromatic rings. The Bertz CT molecular complexity index is 453. The minimum atomic E-state index is -0.308. The number of anilines is 1. The lowest BCUT2D eigenvalue weighted by Gasteiger charge is -2.34. The number of piperidine rings is 1. The molecule has 1 aromatic carbocycles. The molecule has 1 heterocycles. The van der Waals surface area contributed by atoms with Crippen molar-refractivity contribution in [1.82, 2.24) is 10.2 Å². The van der Waals surface area contributed by atoms with E-state index in [1.54, 1.807) is 12.1 Å². The molecule has 0 atom stereocenters. The van der Waals surface area contributed by atoms with E-state index >= 15 is 0 Å². The Morgan fingerprint density at radius 3 is 2.48 bits per heavy atom. The van der Waals surface area contributed by atoms with E-state index in [2.05, 4.69) is 29.4 Å². The lowest BCUT2D eigenvalue weighted by molar-refractivity contribution is 0.149. The van der Waals surface area contributed by atoms with Crippen LogP contribution in [0.5, 0.6) is 0 Å².